The molecule has 0 fully saturated rings. The molecule has 2 aliphatic heterocycles. The van der Waals surface area contributed by atoms with E-state index >= 15 is 0 Å². The van der Waals surface area contributed by atoms with Crippen LogP contribution in [0.3, 0.4) is 0 Å². The summed E-state index contributed by atoms with van der Waals surface area (Å²) in [6.45, 7) is -0.228. The first-order valence-electron chi connectivity index (χ1n) is 31.2. The van der Waals surface area contributed by atoms with Gasteiger partial charge in [0.15, 0.2) is 22.5 Å². The van der Waals surface area contributed by atoms with E-state index in [1.54, 1.807) is 72.8 Å². The fourth-order valence-corrected chi connectivity index (χ4v) is 13.0. The van der Waals surface area contributed by atoms with Crippen molar-refractivity contribution in [3.05, 3.63) is 218 Å². The lowest BCUT2D eigenvalue weighted by Gasteiger charge is -2.19. The van der Waals surface area contributed by atoms with Crippen LogP contribution in [0.25, 0.3) is 66.8 Å². The zero-order valence-electron chi connectivity index (χ0n) is 56.1. The van der Waals surface area contributed by atoms with Crippen molar-refractivity contribution in [1.29, 1.82) is 1.12 Å². The van der Waals surface area contributed by atoms with Crippen LogP contribution in [-0.2, 0) is 49.0 Å². The van der Waals surface area contributed by atoms with Crippen LogP contribution in [0.5, 0.6) is 35.3 Å². The molecule has 0 saturated heterocycles. The van der Waals surface area contributed by atoms with E-state index in [1.807, 2.05) is 0 Å². The predicted molar refractivity (Wildman–Crippen MR) is 383 cm³/mol. The Morgan fingerprint density at radius 3 is 1.42 bits per heavy atom. The molecule has 28 nitrogen and oxygen atoms in total. The molecule has 534 valence electrons. The summed E-state index contributed by atoms with van der Waals surface area (Å²) in [7, 11) is -2.71. The largest absolute Gasteiger partial charge is 0.508 e. The molecule has 0 spiro atoms. The number of thiol groups is 1. The van der Waals surface area contributed by atoms with Gasteiger partial charge in [0.2, 0.25) is 23.6 Å². The van der Waals surface area contributed by atoms with Crippen LogP contribution in [0.4, 0.5) is 21.7 Å². The Morgan fingerprint density at radius 2 is 0.971 bits per heavy atom. The van der Waals surface area contributed by atoms with Gasteiger partial charge >= 0.3 is 24.0 Å². The van der Waals surface area contributed by atoms with Crippen molar-refractivity contribution in [2.45, 2.75) is 42.0 Å². The number of aromatic nitrogens is 4. The summed E-state index contributed by atoms with van der Waals surface area (Å²) in [6.07, 6.45) is 0.192. The van der Waals surface area contributed by atoms with Crippen molar-refractivity contribution in [3.8, 4) is 80.2 Å². The van der Waals surface area contributed by atoms with Crippen molar-refractivity contribution in [2.24, 2.45) is 0 Å². The average Bonchev–Trinajstić information content (AvgIpc) is 0.747. The minimum absolute atomic E-state index is 0.0116. The second-order valence-electron chi connectivity index (χ2n) is 22.2. The molecule has 8 aromatic rings. The maximum absolute atomic E-state index is 13.1. The molecule has 6 aromatic carbocycles. The maximum atomic E-state index is 13.1. The summed E-state index contributed by atoms with van der Waals surface area (Å²) >= 11 is 0.440. The van der Waals surface area contributed by atoms with Gasteiger partial charge in [-0.3, -0.25) is 28.6 Å². The number of carbonyl (C=O) groups excluding carboxylic acids is 2. The zero-order chi connectivity index (χ0) is 75.3. The SMILES string of the molecule is COc1cc(NS(=O)(=O)c2ccc(CCc3c(O)ccc4c(-c5ccccc5C(=O)O)c5ccc(=O)cc-5oc34)cc2)nc(OC)n1.COc1cc(NS(=O)(=O)c2ccc(NC(=O)CCC(=O)NCc3c(O)ccc4c(-c5ccccc5C(=O)O)c5ccc(=O)cc-5oc34)cc2)nc(OC)n1.[2H]SCF. The first-order valence-corrected chi connectivity index (χ1v) is 34.4. The molecule has 0 bridgehead atoms. The van der Waals surface area contributed by atoms with Crippen LogP contribution in [-0.4, -0.2) is 117 Å². The summed E-state index contributed by atoms with van der Waals surface area (Å²) in [4.78, 5) is 90.1. The van der Waals surface area contributed by atoms with Crippen molar-refractivity contribution in [2.75, 3.05) is 49.2 Å². The molecule has 0 radical (unpaired) electrons. The van der Waals surface area contributed by atoms with Gasteiger partial charge in [-0.2, -0.15) is 19.9 Å². The van der Waals surface area contributed by atoms with Crippen LogP contribution in [0.15, 0.2) is 198 Å². The number of halogens is 1. The standard InChI is InChI=1S/C37H31N5O11S.C34H27N3O9S.CH3FS/c1-51-33-18-30(40-37(41-33)52-2)42-54(49,50)22-10-7-20(8-11-22)39-32(46)16-15-31(45)38-19-27-28(44)14-13-26-34(23-5-3-4-6-24(23)36(47)48)25-12-9-21(43)17-29(25)53-35(26)27;1-44-30-18-29(35-34(36-30)45-2)37-47(42,43)21-11-7-19(8-12-21)9-13-24-27(39)16-15-26-31(22-5-3-4-6-23(22)33(40)41)25-14-10-20(38)17-28(25)46-32(24)26;2-1-3/h3-14,17-18,44H,15-16,19H2,1-2H3,(H,38,45)(H,39,46)(H,47,48)(H,40,41,42);3-8,10-12,14-18,39H,9,13H2,1-2H3,(H,40,41)(H,35,36,37);3H,1H2/i/hD. The number of hydrogen-bond acceptors (Lipinski definition) is 23. The smallest absolute Gasteiger partial charge is 0.336 e. The number of nitrogens with zero attached hydrogens (tertiary/aromatic N) is 4. The number of phenols is 2. The van der Waals surface area contributed by atoms with Crippen LogP contribution in [0.2, 0.25) is 0 Å². The Morgan fingerprint density at radius 1 is 0.529 bits per heavy atom. The van der Waals surface area contributed by atoms with Gasteiger partial charge in [0.05, 0.1) is 61.5 Å². The van der Waals surface area contributed by atoms with Crippen LogP contribution in [0, 0.1) is 0 Å². The number of alkyl halides is 1. The van der Waals surface area contributed by atoms with Gasteiger partial charge in [0, 0.05) is 81.4 Å². The Labute approximate surface area is 597 Å². The minimum Gasteiger partial charge on any atom is -0.508 e. The van der Waals surface area contributed by atoms with E-state index in [0.29, 0.717) is 74.3 Å². The third-order valence-electron chi connectivity index (χ3n) is 15.7. The van der Waals surface area contributed by atoms with E-state index < -0.39 is 49.8 Å². The number of rotatable bonds is 24. The summed E-state index contributed by atoms with van der Waals surface area (Å²) in [6, 6.07) is 40.8. The highest BCUT2D eigenvalue weighted by Crippen LogP contribution is 2.46. The lowest BCUT2D eigenvalue weighted by atomic mass is 9.89. The molecule has 0 atom stereocenters. The molecular weight excluding hydrogens is 1410 g/mol. The van der Waals surface area contributed by atoms with E-state index in [4.69, 9.17) is 28.9 Å². The summed E-state index contributed by atoms with van der Waals surface area (Å²) < 4.78 is 106. The number of carboxylic acid groups (broad SMARTS) is 2. The number of nitrogens with one attached hydrogen (secondary N) is 4. The van der Waals surface area contributed by atoms with Gasteiger partial charge in [-0.1, -0.05) is 48.5 Å². The van der Waals surface area contributed by atoms with Gasteiger partial charge in [0.1, 0.15) is 41.3 Å². The summed E-state index contributed by atoms with van der Waals surface area (Å²) in [5.41, 5.74) is 4.36. The number of sulfonamides is 2. The van der Waals surface area contributed by atoms with Crippen molar-refractivity contribution in [3.63, 3.8) is 0 Å². The average molecular weight is 1470 g/mol. The monoisotopic (exact) mass is 1470 g/mol. The lowest BCUT2D eigenvalue weighted by molar-refractivity contribution is -0.124. The van der Waals surface area contributed by atoms with E-state index in [-0.39, 0.29) is 133 Å². The molecule has 2 aromatic heterocycles. The maximum Gasteiger partial charge on any atom is 0.336 e. The van der Waals surface area contributed by atoms with Gasteiger partial charge in [-0.25, -0.2) is 30.8 Å². The van der Waals surface area contributed by atoms with E-state index in [2.05, 4.69) is 40.0 Å². The van der Waals surface area contributed by atoms with Gasteiger partial charge in [-0.15, -0.1) is 12.5 Å². The zero-order valence-corrected chi connectivity index (χ0v) is 57.6. The Kier molecular flexibility index (Phi) is 22.6. The number of hydrogen-bond donors (Lipinski definition) is 9. The molecule has 32 heteroatoms. The van der Waals surface area contributed by atoms with Crippen LogP contribution >= 0.6 is 12.5 Å². The molecule has 8 N–H and O–H groups in total. The third-order valence-corrected chi connectivity index (χ3v) is 18.5. The number of fused-ring (bicyclic) bond motifs is 4. The van der Waals surface area contributed by atoms with Crippen molar-refractivity contribution in [1.82, 2.24) is 25.3 Å². The number of phenolic OH excluding ortho intramolecular Hbond substituents is 2. The molecule has 2 aliphatic carbocycles. The number of anilines is 3. The van der Waals surface area contributed by atoms with Crippen molar-refractivity contribution >= 4 is 95.6 Å². The number of aromatic hydroxyl groups is 2. The normalized spacial score (nSPS) is 11.3. The number of methoxy groups -OCH3 is 4. The fourth-order valence-electron chi connectivity index (χ4n) is 11.0. The molecule has 12 rings (SSSR count). The topological polar surface area (TPSA) is 414 Å². The van der Waals surface area contributed by atoms with E-state index in [9.17, 15) is 70.4 Å². The number of carboxylic acids is 2. The van der Waals surface area contributed by atoms with E-state index in [0.717, 1.165) is 5.56 Å². The van der Waals surface area contributed by atoms with Gasteiger partial charge < -0.3 is 58.8 Å². The first kappa shape index (κ1) is 72.6. The highest BCUT2D eigenvalue weighted by molar-refractivity contribution is 7.93. The second kappa shape index (κ2) is 32.3. The highest BCUT2D eigenvalue weighted by atomic mass is 32.2. The van der Waals surface area contributed by atoms with E-state index in [1.165, 1.54) is 126 Å². The minimum atomic E-state index is -4.09. The lowest BCUT2D eigenvalue weighted by Crippen LogP contribution is -2.24. The van der Waals surface area contributed by atoms with Crippen molar-refractivity contribution < 1.29 is 88.6 Å². The predicted octanol–water partition coefficient (Wildman–Crippen LogP) is 10.8. The second-order valence-corrected chi connectivity index (χ2v) is 25.8. The molecule has 4 heterocycles. The Balaban J connectivity index is 0.000000216. The number of carbonyl (C=O) groups is 4. The quantitative estimate of drug-likeness (QED) is 0.0200. The molecule has 104 heavy (non-hydrogen) atoms. The number of ether oxygens (including phenoxy) is 4. The fraction of sp³-hybridized carbons (Fsp3) is 0.139. The number of aryl methyl sites for hydroxylation is 2. The molecule has 2 amide bonds. The first-order chi connectivity index (χ1) is 50.3. The molecule has 0 saturated carbocycles. The van der Waals surface area contributed by atoms with Gasteiger partial charge in [0.25, 0.3) is 20.0 Å². The number of aromatic carboxylic acids is 2. The Bertz CT molecular complexity index is 5530. The van der Waals surface area contributed by atoms with Crippen LogP contribution < -0.4 is 49.9 Å². The number of benzene rings is 8. The molecular formula is C72H61FN8O20S3. The van der Waals surface area contributed by atoms with Crippen LogP contribution in [0.1, 0.15) is 50.2 Å². The number of amides is 2. The van der Waals surface area contributed by atoms with Gasteiger partial charge in [-0.05, 0) is 127 Å². The highest BCUT2D eigenvalue weighted by Gasteiger charge is 2.27. The molecule has 0 unspecified atom stereocenters. The third kappa shape index (κ3) is 17.0. The summed E-state index contributed by atoms with van der Waals surface area (Å²) in [5, 5.41) is 47.9. The molecule has 4 aliphatic rings. The Hall–Kier alpha value is -12.7. The summed E-state index contributed by atoms with van der Waals surface area (Å²) in [5.74, 6) is -3.14.